The van der Waals surface area contributed by atoms with Crippen LogP contribution in [0.1, 0.15) is 12.5 Å². The monoisotopic (exact) mass is 304 g/mol. The van der Waals surface area contributed by atoms with E-state index in [1.807, 2.05) is 0 Å². The third-order valence-corrected chi connectivity index (χ3v) is 2.41. The summed E-state index contributed by atoms with van der Waals surface area (Å²) >= 11 is 0. The van der Waals surface area contributed by atoms with E-state index < -0.39 is 25.2 Å². The second-order valence-electron chi connectivity index (χ2n) is 4.34. The average molecular weight is 304 g/mol. The van der Waals surface area contributed by atoms with Crippen LogP contribution in [0, 0.1) is 0 Å². The number of alkyl halides is 3. The number of hydrogen-bond acceptors (Lipinski definition) is 4. The first kappa shape index (κ1) is 16.8. The summed E-state index contributed by atoms with van der Waals surface area (Å²) in [5.41, 5.74) is 1.41. The maximum absolute atomic E-state index is 11.9. The summed E-state index contributed by atoms with van der Waals surface area (Å²) in [4.78, 5) is 11.1. The molecule has 0 heterocycles. The van der Waals surface area contributed by atoms with Crippen LogP contribution in [0.3, 0.4) is 0 Å². The van der Waals surface area contributed by atoms with E-state index >= 15 is 0 Å². The van der Waals surface area contributed by atoms with Crippen molar-refractivity contribution in [3.63, 3.8) is 0 Å². The molecule has 0 fully saturated rings. The Bertz CT molecular complexity index is 498. The van der Waals surface area contributed by atoms with Crippen LogP contribution < -0.4 is 10.1 Å². The smallest absolute Gasteiger partial charge is 0.405 e. The quantitative estimate of drug-likeness (QED) is 0.480. The number of rotatable bonds is 6. The minimum absolute atomic E-state index is 0.361. The van der Waals surface area contributed by atoms with Crippen LogP contribution in [0.25, 0.3) is 0 Å². The second-order valence-corrected chi connectivity index (χ2v) is 4.34. The molecule has 1 rings (SSSR count). The molecule has 0 saturated heterocycles. The molecule has 5 nitrogen and oxygen atoms in total. The van der Waals surface area contributed by atoms with Gasteiger partial charge < -0.3 is 15.3 Å². The lowest BCUT2D eigenvalue weighted by Crippen LogP contribution is -2.36. The van der Waals surface area contributed by atoms with Crippen LogP contribution in [0.5, 0.6) is 5.75 Å². The third-order valence-electron chi connectivity index (χ3n) is 2.41. The summed E-state index contributed by atoms with van der Waals surface area (Å²) < 4.78 is 40.7. The third kappa shape index (κ3) is 7.19. The van der Waals surface area contributed by atoms with Crippen molar-refractivity contribution in [3.8, 4) is 5.75 Å². The van der Waals surface area contributed by atoms with Gasteiger partial charge in [0.25, 0.3) is 5.91 Å². The lowest BCUT2D eigenvalue weighted by molar-refractivity contribution is -0.139. The minimum atomic E-state index is -4.44. The van der Waals surface area contributed by atoms with Crippen LogP contribution in [-0.2, 0) is 11.2 Å². The Morgan fingerprint density at radius 3 is 2.48 bits per heavy atom. The van der Waals surface area contributed by atoms with E-state index in [2.05, 4.69) is 5.16 Å². The van der Waals surface area contributed by atoms with Gasteiger partial charge in [-0.05, 0) is 24.6 Å². The van der Waals surface area contributed by atoms with Crippen molar-refractivity contribution in [2.45, 2.75) is 19.5 Å². The van der Waals surface area contributed by atoms with Gasteiger partial charge in [-0.3, -0.25) is 4.79 Å². The van der Waals surface area contributed by atoms with Gasteiger partial charge in [-0.1, -0.05) is 17.3 Å². The molecule has 0 unspecified atom stereocenters. The highest BCUT2D eigenvalue weighted by atomic mass is 19.4. The zero-order chi connectivity index (χ0) is 15.9. The molecule has 0 aliphatic carbocycles. The zero-order valence-corrected chi connectivity index (χ0v) is 11.3. The number of carbonyl (C=O) groups is 1. The Morgan fingerprint density at radius 2 is 1.95 bits per heavy atom. The molecule has 0 aromatic heterocycles. The Balaban J connectivity index is 2.40. The largest absolute Gasteiger partial charge is 0.484 e. The van der Waals surface area contributed by atoms with Gasteiger partial charge in [0.15, 0.2) is 6.61 Å². The first-order valence-electron chi connectivity index (χ1n) is 6.03. The molecule has 1 amide bonds. The van der Waals surface area contributed by atoms with Crippen LogP contribution in [0.15, 0.2) is 29.4 Å². The summed E-state index contributed by atoms with van der Waals surface area (Å²) in [6.07, 6.45) is -3.98. The summed E-state index contributed by atoms with van der Waals surface area (Å²) in [5, 5.41) is 13.3. The molecule has 0 saturated carbocycles. The lowest BCUT2D eigenvalue weighted by Gasteiger charge is -2.09. The van der Waals surface area contributed by atoms with Crippen LogP contribution >= 0.6 is 0 Å². The van der Waals surface area contributed by atoms with Crippen LogP contribution in [0.2, 0.25) is 0 Å². The fourth-order valence-electron chi connectivity index (χ4n) is 1.43. The summed E-state index contributed by atoms with van der Waals surface area (Å²) in [7, 11) is 0. The second kappa shape index (κ2) is 7.51. The predicted octanol–water partition coefficient (Wildman–Crippen LogP) is 2.14. The van der Waals surface area contributed by atoms with Gasteiger partial charge in [-0.15, -0.1) is 0 Å². The molecule has 0 bridgehead atoms. The lowest BCUT2D eigenvalue weighted by atomic mass is 10.1. The van der Waals surface area contributed by atoms with Gasteiger partial charge in [-0.25, -0.2) is 0 Å². The summed E-state index contributed by atoms with van der Waals surface area (Å²) in [6.45, 7) is -0.212. The zero-order valence-electron chi connectivity index (χ0n) is 11.3. The van der Waals surface area contributed by atoms with Crippen molar-refractivity contribution in [3.05, 3.63) is 29.8 Å². The fraction of sp³-hybridized carbons (Fsp3) is 0.385. The number of nitrogens with zero attached hydrogens (tertiary/aromatic N) is 1. The van der Waals surface area contributed by atoms with Crippen LogP contribution in [0.4, 0.5) is 13.2 Å². The Labute approximate surface area is 119 Å². The summed E-state index contributed by atoms with van der Waals surface area (Å²) in [6, 6.07) is 6.57. The average Bonchev–Trinajstić information content (AvgIpc) is 2.43. The molecule has 0 atom stereocenters. The molecule has 8 heteroatoms. The van der Waals surface area contributed by atoms with Gasteiger partial charge >= 0.3 is 6.18 Å². The molecule has 2 N–H and O–H groups in total. The van der Waals surface area contributed by atoms with Gasteiger partial charge in [-0.2, -0.15) is 13.2 Å². The van der Waals surface area contributed by atoms with Crippen LogP contribution in [-0.4, -0.2) is 36.2 Å². The van der Waals surface area contributed by atoms with E-state index in [1.165, 1.54) is 0 Å². The molecular weight excluding hydrogens is 289 g/mol. The standard InChI is InChI=1S/C13H15F3N2O3/c1-9(18-20)6-10-2-4-11(5-3-10)21-7-12(19)17-8-13(14,15)16/h2-5,20H,6-8H2,1H3,(H,17,19)/b18-9-. The number of nitrogens with one attached hydrogen (secondary N) is 1. The molecule has 1 aromatic rings. The van der Waals surface area contributed by atoms with E-state index in [1.54, 1.807) is 36.5 Å². The number of hydrogen-bond donors (Lipinski definition) is 2. The number of ether oxygens (including phenoxy) is 1. The van der Waals surface area contributed by atoms with Crippen molar-refractivity contribution in [2.24, 2.45) is 5.16 Å². The molecule has 1 aromatic carbocycles. The first-order valence-corrected chi connectivity index (χ1v) is 6.03. The van der Waals surface area contributed by atoms with E-state index in [-0.39, 0.29) is 0 Å². The molecule has 21 heavy (non-hydrogen) atoms. The Hall–Kier alpha value is -2.25. The fourth-order valence-corrected chi connectivity index (χ4v) is 1.43. The van der Waals surface area contributed by atoms with E-state index in [0.29, 0.717) is 17.9 Å². The van der Waals surface area contributed by atoms with E-state index in [9.17, 15) is 18.0 Å². The number of amides is 1. The molecule has 0 spiro atoms. The molecule has 0 aliphatic rings. The normalized spacial score (nSPS) is 12.1. The van der Waals surface area contributed by atoms with Crippen molar-refractivity contribution >= 4 is 11.6 Å². The van der Waals surface area contributed by atoms with Crippen molar-refractivity contribution in [2.75, 3.05) is 13.2 Å². The van der Waals surface area contributed by atoms with E-state index in [0.717, 1.165) is 5.56 Å². The maximum Gasteiger partial charge on any atom is 0.405 e. The van der Waals surface area contributed by atoms with Gasteiger partial charge in [0.05, 0.1) is 5.71 Å². The summed E-state index contributed by atoms with van der Waals surface area (Å²) in [5.74, 6) is -0.487. The Kier molecular flexibility index (Phi) is 6.01. The predicted molar refractivity (Wildman–Crippen MR) is 69.6 cm³/mol. The van der Waals surface area contributed by atoms with Crippen molar-refractivity contribution < 1.29 is 27.9 Å². The molecular formula is C13H15F3N2O3. The SMILES string of the molecule is C/C(Cc1ccc(OCC(=O)NCC(F)(F)F)cc1)=N/O. The highest BCUT2D eigenvalue weighted by molar-refractivity contribution is 5.83. The van der Waals surface area contributed by atoms with E-state index in [4.69, 9.17) is 9.94 Å². The number of halogens is 3. The van der Waals surface area contributed by atoms with Gasteiger partial charge in [0, 0.05) is 6.42 Å². The number of carbonyl (C=O) groups excluding carboxylic acids is 1. The highest BCUT2D eigenvalue weighted by Gasteiger charge is 2.27. The Morgan fingerprint density at radius 1 is 1.33 bits per heavy atom. The highest BCUT2D eigenvalue weighted by Crippen LogP contribution is 2.14. The van der Waals surface area contributed by atoms with Crippen molar-refractivity contribution in [1.82, 2.24) is 5.32 Å². The van der Waals surface area contributed by atoms with Gasteiger partial charge in [0.1, 0.15) is 12.3 Å². The first-order chi connectivity index (χ1) is 9.80. The maximum atomic E-state index is 11.9. The molecule has 116 valence electrons. The molecule has 0 radical (unpaired) electrons. The molecule has 0 aliphatic heterocycles. The topological polar surface area (TPSA) is 70.9 Å². The number of benzene rings is 1. The minimum Gasteiger partial charge on any atom is -0.484 e. The van der Waals surface area contributed by atoms with Crippen molar-refractivity contribution in [1.29, 1.82) is 0 Å². The van der Waals surface area contributed by atoms with Gasteiger partial charge in [0.2, 0.25) is 0 Å². The number of oxime groups is 1.